The Morgan fingerprint density at radius 3 is 2.93 bits per heavy atom. The van der Waals surface area contributed by atoms with Gasteiger partial charge >= 0.3 is 0 Å². The van der Waals surface area contributed by atoms with Crippen LogP contribution in [0, 0.1) is 12.8 Å². The molecule has 1 atom stereocenters. The molecular formula is C10H16N4. The molecule has 2 aliphatic rings. The van der Waals surface area contributed by atoms with Gasteiger partial charge in [-0.3, -0.25) is 4.68 Å². The second kappa shape index (κ2) is 2.65. The highest BCUT2D eigenvalue weighted by atomic mass is 15.3. The Balaban J connectivity index is 1.92. The van der Waals surface area contributed by atoms with E-state index >= 15 is 0 Å². The number of nitrogens with zero attached hydrogens (tertiary/aromatic N) is 2. The van der Waals surface area contributed by atoms with Gasteiger partial charge in [-0.05, 0) is 25.7 Å². The van der Waals surface area contributed by atoms with Gasteiger partial charge in [0.15, 0.2) is 0 Å². The first-order valence-corrected chi connectivity index (χ1v) is 5.29. The summed E-state index contributed by atoms with van der Waals surface area (Å²) in [5, 5.41) is 11.5. The zero-order chi connectivity index (χ0) is 9.71. The molecule has 76 valence electrons. The van der Waals surface area contributed by atoms with Crippen LogP contribution in [-0.4, -0.2) is 22.4 Å². The average Bonchev–Trinajstić information content (AvgIpc) is 2.96. The minimum atomic E-state index is 0.609. The maximum Gasteiger partial charge on any atom is 0.148 e. The lowest BCUT2D eigenvalue weighted by Crippen LogP contribution is -2.35. The smallest absolute Gasteiger partial charge is 0.148 e. The number of nitrogens with one attached hydrogen (secondary N) is 2. The number of anilines is 2. The van der Waals surface area contributed by atoms with Crippen molar-refractivity contribution in [1.82, 2.24) is 9.78 Å². The summed E-state index contributed by atoms with van der Waals surface area (Å²) in [4.78, 5) is 0. The average molecular weight is 192 g/mol. The zero-order valence-corrected chi connectivity index (χ0v) is 8.67. The van der Waals surface area contributed by atoms with E-state index in [1.54, 1.807) is 0 Å². The fourth-order valence-corrected chi connectivity index (χ4v) is 2.26. The molecule has 0 amide bonds. The van der Waals surface area contributed by atoms with E-state index in [4.69, 9.17) is 0 Å². The van der Waals surface area contributed by atoms with Gasteiger partial charge in [0.25, 0.3) is 0 Å². The molecule has 1 fully saturated rings. The summed E-state index contributed by atoms with van der Waals surface area (Å²) in [7, 11) is 2.00. The third-order valence-corrected chi connectivity index (χ3v) is 3.23. The van der Waals surface area contributed by atoms with Crippen LogP contribution in [0.2, 0.25) is 0 Å². The Hall–Kier alpha value is -1.19. The van der Waals surface area contributed by atoms with Crippen molar-refractivity contribution in [3.8, 4) is 0 Å². The Kier molecular flexibility index (Phi) is 1.54. The van der Waals surface area contributed by atoms with Crippen molar-refractivity contribution in [2.24, 2.45) is 13.0 Å². The van der Waals surface area contributed by atoms with E-state index in [1.165, 1.54) is 18.5 Å². The van der Waals surface area contributed by atoms with Crippen molar-refractivity contribution in [2.45, 2.75) is 25.8 Å². The number of aromatic nitrogens is 2. The third kappa shape index (κ3) is 1.10. The largest absolute Gasteiger partial charge is 0.378 e. The summed E-state index contributed by atoms with van der Waals surface area (Å²) >= 11 is 0. The van der Waals surface area contributed by atoms with Gasteiger partial charge in [-0.25, -0.2) is 0 Å². The number of rotatable bonds is 1. The van der Waals surface area contributed by atoms with Crippen LogP contribution in [0.25, 0.3) is 0 Å². The maximum absolute atomic E-state index is 4.40. The van der Waals surface area contributed by atoms with Crippen molar-refractivity contribution in [3.63, 3.8) is 0 Å². The lowest BCUT2D eigenvalue weighted by molar-refractivity contribution is 0.637. The van der Waals surface area contributed by atoms with Gasteiger partial charge in [-0.15, -0.1) is 0 Å². The SMILES string of the molecule is Cc1nn(C)c2c1NCC(C1CC1)N2. The summed E-state index contributed by atoms with van der Waals surface area (Å²) in [5.74, 6) is 2.04. The van der Waals surface area contributed by atoms with E-state index in [0.717, 1.165) is 24.0 Å². The summed E-state index contributed by atoms with van der Waals surface area (Å²) in [6, 6.07) is 0.609. The topological polar surface area (TPSA) is 41.9 Å². The lowest BCUT2D eigenvalue weighted by atomic mass is 10.1. The highest BCUT2D eigenvalue weighted by Gasteiger charge is 2.34. The molecule has 2 N–H and O–H groups in total. The van der Waals surface area contributed by atoms with Gasteiger partial charge in [0, 0.05) is 19.6 Å². The molecule has 1 aliphatic carbocycles. The van der Waals surface area contributed by atoms with Crippen LogP contribution in [0.3, 0.4) is 0 Å². The van der Waals surface area contributed by atoms with Gasteiger partial charge in [-0.1, -0.05) is 0 Å². The van der Waals surface area contributed by atoms with Crippen molar-refractivity contribution >= 4 is 11.5 Å². The molecule has 0 aromatic carbocycles. The fourth-order valence-electron chi connectivity index (χ4n) is 2.26. The zero-order valence-electron chi connectivity index (χ0n) is 8.67. The van der Waals surface area contributed by atoms with E-state index in [9.17, 15) is 0 Å². The van der Waals surface area contributed by atoms with Crippen LogP contribution in [-0.2, 0) is 7.05 Å². The van der Waals surface area contributed by atoms with Crippen LogP contribution >= 0.6 is 0 Å². The van der Waals surface area contributed by atoms with Crippen LogP contribution in [0.15, 0.2) is 0 Å². The molecule has 14 heavy (non-hydrogen) atoms. The second-order valence-electron chi connectivity index (χ2n) is 4.40. The quantitative estimate of drug-likeness (QED) is 0.705. The Morgan fingerprint density at radius 1 is 1.43 bits per heavy atom. The molecule has 4 heteroatoms. The van der Waals surface area contributed by atoms with E-state index in [-0.39, 0.29) is 0 Å². The van der Waals surface area contributed by atoms with Gasteiger partial charge in [-0.2, -0.15) is 5.10 Å². The molecule has 0 saturated heterocycles. The van der Waals surface area contributed by atoms with E-state index in [1.807, 2.05) is 18.7 Å². The molecular weight excluding hydrogens is 176 g/mol. The van der Waals surface area contributed by atoms with Crippen molar-refractivity contribution in [3.05, 3.63) is 5.69 Å². The molecule has 0 spiro atoms. The number of hydrogen-bond donors (Lipinski definition) is 2. The van der Waals surface area contributed by atoms with Gasteiger partial charge < -0.3 is 10.6 Å². The molecule has 1 aliphatic heterocycles. The van der Waals surface area contributed by atoms with Crippen LogP contribution < -0.4 is 10.6 Å². The van der Waals surface area contributed by atoms with Crippen LogP contribution in [0.5, 0.6) is 0 Å². The summed E-state index contributed by atoms with van der Waals surface area (Å²) in [5.41, 5.74) is 2.27. The minimum absolute atomic E-state index is 0.609. The first-order valence-electron chi connectivity index (χ1n) is 5.29. The highest BCUT2D eigenvalue weighted by Crippen LogP contribution is 2.38. The molecule has 1 unspecified atom stereocenters. The standard InChI is InChI=1S/C10H16N4/c1-6-9-10(14(2)13-6)12-8(5-11-9)7-3-4-7/h7-8,11-12H,3-5H2,1-2H3. The molecule has 3 rings (SSSR count). The van der Waals surface area contributed by atoms with Gasteiger partial charge in [0.2, 0.25) is 0 Å². The van der Waals surface area contributed by atoms with Crippen molar-refractivity contribution in [1.29, 1.82) is 0 Å². The number of fused-ring (bicyclic) bond motifs is 1. The molecule has 0 radical (unpaired) electrons. The summed E-state index contributed by atoms with van der Waals surface area (Å²) in [6.07, 6.45) is 2.76. The molecule has 1 aromatic heterocycles. The Labute approximate surface area is 83.7 Å². The molecule has 0 bridgehead atoms. The van der Waals surface area contributed by atoms with E-state index in [2.05, 4.69) is 15.7 Å². The van der Waals surface area contributed by atoms with Crippen LogP contribution in [0.4, 0.5) is 11.5 Å². The maximum atomic E-state index is 4.40. The molecule has 2 heterocycles. The van der Waals surface area contributed by atoms with Crippen LogP contribution in [0.1, 0.15) is 18.5 Å². The lowest BCUT2D eigenvalue weighted by Gasteiger charge is -2.26. The predicted molar refractivity (Wildman–Crippen MR) is 56.6 cm³/mol. The predicted octanol–water partition coefficient (Wildman–Crippen LogP) is 1.34. The van der Waals surface area contributed by atoms with E-state index < -0.39 is 0 Å². The van der Waals surface area contributed by atoms with Crippen molar-refractivity contribution in [2.75, 3.05) is 17.2 Å². The first-order chi connectivity index (χ1) is 6.75. The normalized spacial score (nSPS) is 25.1. The Bertz CT molecular complexity index is 364. The third-order valence-electron chi connectivity index (χ3n) is 3.23. The molecule has 4 nitrogen and oxygen atoms in total. The summed E-state index contributed by atoms with van der Waals surface area (Å²) < 4.78 is 1.94. The molecule has 1 aromatic rings. The minimum Gasteiger partial charge on any atom is -0.378 e. The first kappa shape index (κ1) is 8.15. The number of hydrogen-bond acceptors (Lipinski definition) is 3. The Morgan fingerprint density at radius 2 is 2.21 bits per heavy atom. The van der Waals surface area contributed by atoms with Gasteiger partial charge in [0.1, 0.15) is 11.5 Å². The van der Waals surface area contributed by atoms with E-state index in [0.29, 0.717) is 6.04 Å². The fraction of sp³-hybridized carbons (Fsp3) is 0.700. The van der Waals surface area contributed by atoms with Crippen molar-refractivity contribution < 1.29 is 0 Å². The number of aryl methyl sites for hydroxylation is 2. The second-order valence-corrected chi connectivity index (χ2v) is 4.40. The summed E-state index contributed by atoms with van der Waals surface area (Å²) in [6.45, 7) is 3.09. The monoisotopic (exact) mass is 192 g/mol. The van der Waals surface area contributed by atoms with Gasteiger partial charge in [0.05, 0.1) is 5.69 Å². The molecule has 1 saturated carbocycles. The highest BCUT2D eigenvalue weighted by molar-refractivity contribution is 5.70.